The molecule has 76 valence electrons. The topological polar surface area (TPSA) is 23.6 Å². The van der Waals surface area contributed by atoms with E-state index in [0.29, 0.717) is 12.5 Å². The normalized spacial score (nSPS) is 19.5. The van der Waals surface area contributed by atoms with Gasteiger partial charge in [-0.05, 0) is 13.5 Å². The van der Waals surface area contributed by atoms with Gasteiger partial charge in [-0.3, -0.25) is 9.69 Å². The summed E-state index contributed by atoms with van der Waals surface area (Å²) in [5.41, 5.74) is 0. The third kappa shape index (κ3) is 3.35. The predicted octanol–water partition coefficient (Wildman–Crippen LogP) is 0.951. The van der Waals surface area contributed by atoms with Crippen LogP contribution in [0.2, 0.25) is 0 Å². The lowest BCUT2D eigenvalue weighted by molar-refractivity contribution is -0.135. The zero-order chi connectivity index (χ0) is 9.68. The molecule has 0 aromatic rings. The fourth-order valence-corrected chi connectivity index (χ4v) is 1.62. The Labute approximate surface area is 80.7 Å². The smallest absolute Gasteiger partial charge is 0.236 e. The van der Waals surface area contributed by atoms with E-state index in [1.54, 1.807) is 0 Å². The third-order valence-corrected chi connectivity index (χ3v) is 2.54. The molecule has 0 aromatic heterocycles. The number of amides is 1. The minimum atomic E-state index is 0.296. The lowest BCUT2D eigenvalue weighted by Crippen LogP contribution is -2.48. The molecule has 1 rings (SSSR count). The number of likely N-dealkylation sites (N-methyl/N-ethyl adjacent to an activating group) is 1. The molecule has 3 nitrogen and oxygen atoms in total. The number of carbonyl (C=O) groups is 1. The van der Waals surface area contributed by atoms with Crippen LogP contribution in [0.4, 0.5) is 0 Å². The van der Waals surface area contributed by atoms with Gasteiger partial charge >= 0.3 is 0 Å². The molecular formula is C10H20N2O. The second kappa shape index (κ2) is 5.22. The average molecular weight is 184 g/mol. The van der Waals surface area contributed by atoms with Gasteiger partial charge in [0.1, 0.15) is 0 Å². The van der Waals surface area contributed by atoms with Crippen molar-refractivity contribution in [3.05, 3.63) is 0 Å². The van der Waals surface area contributed by atoms with Gasteiger partial charge in [-0.2, -0.15) is 0 Å². The maximum Gasteiger partial charge on any atom is 0.236 e. The van der Waals surface area contributed by atoms with Gasteiger partial charge in [-0.25, -0.2) is 0 Å². The summed E-state index contributed by atoms with van der Waals surface area (Å²) < 4.78 is 0. The van der Waals surface area contributed by atoms with Crippen LogP contribution in [-0.4, -0.2) is 48.9 Å². The SMILES string of the molecule is CCCCCN1CCN(C)CC1=O. The Morgan fingerprint density at radius 3 is 2.69 bits per heavy atom. The number of rotatable bonds is 4. The van der Waals surface area contributed by atoms with Gasteiger partial charge < -0.3 is 4.90 Å². The summed E-state index contributed by atoms with van der Waals surface area (Å²) >= 11 is 0. The summed E-state index contributed by atoms with van der Waals surface area (Å²) in [7, 11) is 2.00. The first-order valence-corrected chi connectivity index (χ1v) is 5.20. The van der Waals surface area contributed by atoms with Crippen LogP contribution in [0.5, 0.6) is 0 Å². The van der Waals surface area contributed by atoms with E-state index in [4.69, 9.17) is 0 Å². The van der Waals surface area contributed by atoms with Crippen molar-refractivity contribution < 1.29 is 4.79 Å². The highest BCUT2D eigenvalue weighted by Gasteiger charge is 2.20. The molecule has 1 aliphatic heterocycles. The molecule has 0 bridgehead atoms. The van der Waals surface area contributed by atoms with Gasteiger partial charge in [0.15, 0.2) is 0 Å². The standard InChI is InChI=1S/C10H20N2O/c1-3-4-5-6-12-8-7-11(2)9-10(12)13/h3-9H2,1-2H3. The van der Waals surface area contributed by atoms with Crippen LogP contribution in [0.15, 0.2) is 0 Å². The van der Waals surface area contributed by atoms with Crippen molar-refractivity contribution in [2.45, 2.75) is 26.2 Å². The van der Waals surface area contributed by atoms with E-state index in [-0.39, 0.29) is 0 Å². The maximum absolute atomic E-state index is 11.5. The lowest BCUT2D eigenvalue weighted by Gasteiger charge is -2.32. The monoisotopic (exact) mass is 184 g/mol. The van der Waals surface area contributed by atoms with Crippen molar-refractivity contribution in [3.63, 3.8) is 0 Å². The van der Waals surface area contributed by atoms with Crippen molar-refractivity contribution in [1.29, 1.82) is 0 Å². The van der Waals surface area contributed by atoms with E-state index in [9.17, 15) is 4.79 Å². The lowest BCUT2D eigenvalue weighted by atomic mass is 10.2. The number of hydrogen-bond donors (Lipinski definition) is 0. The van der Waals surface area contributed by atoms with Gasteiger partial charge in [0.25, 0.3) is 0 Å². The summed E-state index contributed by atoms with van der Waals surface area (Å²) in [5, 5.41) is 0. The van der Waals surface area contributed by atoms with Crippen LogP contribution in [0.1, 0.15) is 26.2 Å². The molecule has 1 fully saturated rings. The molecule has 1 amide bonds. The van der Waals surface area contributed by atoms with Crippen molar-refractivity contribution >= 4 is 5.91 Å². The Hall–Kier alpha value is -0.570. The van der Waals surface area contributed by atoms with Gasteiger partial charge in [0.05, 0.1) is 6.54 Å². The maximum atomic E-state index is 11.5. The Bertz CT molecular complexity index is 170. The molecule has 3 heteroatoms. The first kappa shape index (κ1) is 10.5. The second-order valence-electron chi connectivity index (χ2n) is 3.83. The van der Waals surface area contributed by atoms with Crippen LogP contribution in [0, 0.1) is 0 Å². The summed E-state index contributed by atoms with van der Waals surface area (Å²) in [4.78, 5) is 15.6. The van der Waals surface area contributed by atoms with Gasteiger partial charge in [-0.15, -0.1) is 0 Å². The van der Waals surface area contributed by atoms with Crippen LogP contribution in [0.3, 0.4) is 0 Å². The summed E-state index contributed by atoms with van der Waals surface area (Å²) in [6, 6.07) is 0. The molecule has 0 saturated carbocycles. The number of carbonyl (C=O) groups excluding carboxylic acids is 1. The summed E-state index contributed by atoms with van der Waals surface area (Å²) in [6.07, 6.45) is 3.62. The number of hydrogen-bond acceptors (Lipinski definition) is 2. The van der Waals surface area contributed by atoms with Crippen molar-refractivity contribution in [2.75, 3.05) is 33.2 Å². The third-order valence-electron chi connectivity index (χ3n) is 2.54. The highest BCUT2D eigenvalue weighted by atomic mass is 16.2. The van der Waals surface area contributed by atoms with Gasteiger partial charge in [0, 0.05) is 19.6 Å². The first-order valence-electron chi connectivity index (χ1n) is 5.20. The van der Waals surface area contributed by atoms with E-state index in [0.717, 1.165) is 26.1 Å². The van der Waals surface area contributed by atoms with E-state index in [2.05, 4.69) is 11.8 Å². The predicted molar refractivity (Wildman–Crippen MR) is 53.6 cm³/mol. The Morgan fingerprint density at radius 1 is 1.31 bits per heavy atom. The summed E-state index contributed by atoms with van der Waals surface area (Å²) in [5.74, 6) is 0.296. The van der Waals surface area contributed by atoms with Crippen LogP contribution >= 0.6 is 0 Å². The highest BCUT2D eigenvalue weighted by Crippen LogP contribution is 2.04. The quantitative estimate of drug-likeness (QED) is 0.607. The average Bonchev–Trinajstić information content (AvgIpc) is 2.09. The van der Waals surface area contributed by atoms with E-state index in [1.807, 2.05) is 11.9 Å². The molecule has 0 unspecified atom stereocenters. The van der Waals surface area contributed by atoms with E-state index in [1.165, 1.54) is 12.8 Å². The van der Waals surface area contributed by atoms with Gasteiger partial charge in [-0.1, -0.05) is 19.8 Å². The fourth-order valence-electron chi connectivity index (χ4n) is 1.62. The Balaban J connectivity index is 2.22. The van der Waals surface area contributed by atoms with Crippen LogP contribution < -0.4 is 0 Å². The minimum Gasteiger partial charge on any atom is -0.340 e. The molecule has 0 N–H and O–H groups in total. The molecule has 1 saturated heterocycles. The molecule has 0 radical (unpaired) electrons. The second-order valence-corrected chi connectivity index (χ2v) is 3.83. The number of piperazine rings is 1. The molecule has 1 aliphatic rings. The number of unbranched alkanes of at least 4 members (excludes halogenated alkanes) is 2. The van der Waals surface area contributed by atoms with Crippen LogP contribution in [-0.2, 0) is 4.79 Å². The van der Waals surface area contributed by atoms with E-state index < -0.39 is 0 Å². The Kier molecular flexibility index (Phi) is 4.22. The zero-order valence-electron chi connectivity index (χ0n) is 8.75. The molecule has 0 aromatic carbocycles. The number of nitrogens with zero attached hydrogens (tertiary/aromatic N) is 2. The molecule has 13 heavy (non-hydrogen) atoms. The molecular weight excluding hydrogens is 164 g/mol. The van der Waals surface area contributed by atoms with Crippen molar-refractivity contribution in [1.82, 2.24) is 9.80 Å². The van der Waals surface area contributed by atoms with E-state index >= 15 is 0 Å². The molecule has 0 atom stereocenters. The van der Waals surface area contributed by atoms with Gasteiger partial charge in [0.2, 0.25) is 5.91 Å². The van der Waals surface area contributed by atoms with Crippen LogP contribution in [0.25, 0.3) is 0 Å². The largest absolute Gasteiger partial charge is 0.340 e. The van der Waals surface area contributed by atoms with Crippen molar-refractivity contribution in [3.8, 4) is 0 Å². The first-order chi connectivity index (χ1) is 6.24. The summed E-state index contributed by atoms with van der Waals surface area (Å²) in [6.45, 7) is 5.69. The Morgan fingerprint density at radius 2 is 2.08 bits per heavy atom. The highest BCUT2D eigenvalue weighted by molar-refractivity contribution is 5.78. The molecule has 0 aliphatic carbocycles. The fraction of sp³-hybridized carbons (Fsp3) is 0.900. The molecule has 1 heterocycles. The molecule has 0 spiro atoms. The van der Waals surface area contributed by atoms with Crippen molar-refractivity contribution in [2.24, 2.45) is 0 Å². The minimum absolute atomic E-state index is 0.296. The zero-order valence-corrected chi connectivity index (χ0v) is 8.75.